The molecule has 0 radical (unpaired) electrons. The molecule has 1 rings (SSSR count). The zero-order valence-electron chi connectivity index (χ0n) is 9.76. The van der Waals surface area contributed by atoms with E-state index >= 15 is 0 Å². The number of rotatable bonds is 5. The van der Waals surface area contributed by atoms with Crippen LogP contribution in [-0.4, -0.2) is 19.8 Å². The lowest BCUT2D eigenvalue weighted by atomic mass is 10.0. The van der Waals surface area contributed by atoms with Crippen molar-refractivity contribution in [2.24, 2.45) is 5.92 Å². The predicted octanol–water partition coefficient (Wildman–Crippen LogP) is 3.05. The Kier molecular flexibility index (Phi) is 4.68. The fourth-order valence-corrected chi connectivity index (χ4v) is 1.39. The first kappa shape index (κ1) is 12.9. The number of ether oxygens (including phenoxy) is 1. The van der Waals surface area contributed by atoms with Gasteiger partial charge >= 0.3 is 0 Å². The average molecular weight is 229 g/mol. The molecule has 0 aromatic heterocycles. The third kappa shape index (κ3) is 3.45. The smallest absolute Gasteiger partial charge is 0.146 e. The van der Waals surface area contributed by atoms with Gasteiger partial charge in [0.15, 0.2) is 0 Å². The second kappa shape index (κ2) is 5.80. The molecular weight excluding hydrogens is 212 g/mol. The van der Waals surface area contributed by atoms with Crippen LogP contribution in [0.5, 0.6) is 0 Å². The third-order valence-corrected chi connectivity index (χ3v) is 2.42. The van der Waals surface area contributed by atoms with E-state index in [2.05, 4.69) is 5.32 Å². The fraction of sp³-hybridized carbons (Fsp3) is 0.500. The largest absolute Gasteiger partial charge is 0.383 e. The first-order chi connectivity index (χ1) is 7.54. The zero-order chi connectivity index (χ0) is 12.1. The molecule has 0 aliphatic heterocycles. The van der Waals surface area contributed by atoms with Gasteiger partial charge in [0.1, 0.15) is 11.6 Å². The standard InChI is InChI=1S/C12H17F2NO/c1-8(2)12(7-16-3)15-11-6-9(13)4-5-10(11)14/h4-6,8,12,15H,7H2,1-3H3. The van der Waals surface area contributed by atoms with Crippen molar-refractivity contribution in [1.82, 2.24) is 0 Å². The Labute approximate surface area is 94.6 Å². The van der Waals surface area contributed by atoms with Gasteiger partial charge in [-0.2, -0.15) is 0 Å². The maximum Gasteiger partial charge on any atom is 0.146 e. The number of hydrogen-bond acceptors (Lipinski definition) is 2. The van der Waals surface area contributed by atoms with Crippen LogP contribution in [0.3, 0.4) is 0 Å². The summed E-state index contributed by atoms with van der Waals surface area (Å²) < 4.78 is 31.3. The molecule has 4 heteroatoms. The molecule has 0 saturated heterocycles. The highest BCUT2D eigenvalue weighted by Gasteiger charge is 2.15. The van der Waals surface area contributed by atoms with Crippen molar-refractivity contribution < 1.29 is 13.5 Å². The summed E-state index contributed by atoms with van der Waals surface area (Å²) in [6, 6.07) is 3.32. The second-order valence-electron chi connectivity index (χ2n) is 4.07. The van der Waals surface area contributed by atoms with E-state index in [-0.39, 0.29) is 17.6 Å². The summed E-state index contributed by atoms with van der Waals surface area (Å²) in [5.74, 6) is -0.644. The second-order valence-corrected chi connectivity index (χ2v) is 4.07. The molecule has 1 unspecified atom stereocenters. The average Bonchev–Trinajstić information content (AvgIpc) is 2.22. The van der Waals surface area contributed by atoms with Crippen molar-refractivity contribution in [3.8, 4) is 0 Å². The fourth-order valence-electron chi connectivity index (χ4n) is 1.39. The van der Waals surface area contributed by atoms with E-state index in [1.54, 1.807) is 7.11 Å². The maximum atomic E-state index is 13.4. The quantitative estimate of drug-likeness (QED) is 0.837. The van der Waals surface area contributed by atoms with Gasteiger partial charge in [-0.25, -0.2) is 8.78 Å². The molecule has 1 N–H and O–H groups in total. The van der Waals surface area contributed by atoms with Gasteiger partial charge in [-0.3, -0.25) is 0 Å². The summed E-state index contributed by atoms with van der Waals surface area (Å²) in [7, 11) is 1.58. The minimum Gasteiger partial charge on any atom is -0.383 e. The summed E-state index contributed by atoms with van der Waals surface area (Å²) in [6.07, 6.45) is 0. The Morgan fingerprint density at radius 3 is 2.56 bits per heavy atom. The highest BCUT2D eigenvalue weighted by atomic mass is 19.1. The molecule has 0 aliphatic carbocycles. The van der Waals surface area contributed by atoms with E-state index in [1.165, 1.54) is 0 Å². The number of halogens is 2. The highest BCUT2D eigenvalue weighted by Crippen LogP contribution is 2.18. The lowest BCUT2D eigenvalue weighted by molar-refractivity contribution is 0.171. The van der Waals surface area contributed by atoms with Crippen molar-refractivity contribution in [3.63, 3.8) is 0 Å². The van der Waals surface area contributed by atoms with Crippen molar-refractivity contribution in [3.05, 3.63) is 29.8 Å². The lowest BCUT2D eigenvalue weighted by Gasteiger charge is -2.23. The van der Waals surface area contributed by atoms with Crippen LogP contribution in [0, 0.1) is 17.6 Å². The van der Waals surface area contributed by atoms with Gasteiger partial charge < -0.3 is 10.1 Å². The normalized spacial score (nSPS) is 12.9. The Balaban J connectivity index is 2.80. The predicted molar refractivity (Wildman–Crippen MR) is 60.5 cm³/mol. The van der Waals surface area contributed by atoms with Gasteiger partial charge in [0.05, 0.1) is 18.3 Å². The van der Waals surface area contributed by atoms with E-state index in [0.717, 1.165) is 18.2 Å². The van der Waals surface area contributed by atoms with Crippen LogP contribution in [0.2, 0.25) is 0 Å². The van der Waals surface area contributed by atoms with E-state index in [0.29, 0.717) is 6.61 Å². The van der Waals surface area contributed by atoms with Crippen molar-refractivity contribution in [2.45, 2.75) is 19.9 Å². The van der Waals surface area contributed by atoms with Crippen LogP contribution < -0.4 is 5.32 Å². The molecule has 0 bridgehead atoms. The summed E-state index contributed by atoms with van der Waals surface area (Å²) in [5.41, 5.74) is 0.177. The monoisotopic (exact) mass is 229 g/mol. The third-order valence-electron chi connectivity index (χ3n) is 2.42. The van der Waals surface area contributed by atoms with E-state index < -0.39 is 11.6 Å². The molecule has 1 aromatic rings. The van der Waals surface area contributed by atoms with Gasteiger partial charge in [-0.1, -0.05) is 13.8 Å². The Bertz CT molecular complexity index is 342. The molecule has 0 fully saturated rings. The molecular formula is C12H17F2NO. The van der Waals surface area contributed by atoms with Crippen molar-refractivity contribution >= 4 is 5.69 Å². The number of hydrogen-bond donors (Lipinski definition) is 1. The lowest BCUT2D eigenvalue weighted by Crippen LogP contribution is -2.30. The molecule has 16 heavy (non-hydrogen) atoms. The van der Waals surface area contributed by atoms with Crippen molar-refractivity contribution in [2.75, 3.05) is 19.0 Å². The van der Waals surface area contributed by atoms with E-state index in [4.69, 9.17) is 4.74 Å². The minimum atomic E-state index is -0.455. The zero-order valence-corrected chi connectivity index (χ0v) is 9.76. The van der Waals surface area contributed by atoms with Gasteiger partial charge in [-0.15, -0.1) is 0 Å². The Morgan fingerprint density at radius 1 is 1.31 bits per heavy atom. The highest BCUT2D eigenvalue weighted by molar-refractivity contribution is 5.45. The van der Waals surface area contributed by atoms with Crippen LogP contribution >= 0.6 is 0 Å². The molecule has 0 heterocycles. The number of methoxy groups -OCH3 is 1. The number of nitrogens with one attached hydrogen (secondary N) is 1. The van der Waals surface area contributed by atoms with Crippen LogP contribution in [0.25, 0.3) is 0 Å². The van der Waals surface area contributed by atoms with Gasteiger partial charge in [0, 0.05) is 7.11 Å². The van der Waals surface area contributed by atoms with Gasteiger partial charge in [0.25, 0.3) is 0 Å². The summed E-state index contributed by atoms with van der Waals surface area (Å²) in [4.78, 5) is 0. The minimum absolute atomic E-state index is 0.0405. The van der Waals surface area contributed by atoms with Gasteiger partial charge in [-0.05, 0) is 24.1 Å². The van der Waals surface area contributed by atoms with Crippen LogP contribution in [0.1, 0.15) is 13.8 Å². The Hall–Kier alpha value is -1.16. The summed E-state index contributed by atoms with van der Waals surface area (Å²) >= 11 is 0. The van der Waals surface area contributed by atoms with E-state index in [9.17, 15) is 8.78 Å². The van der Waals surface area contributed by atoms with Gasteiger partial charge in [0.2, 0.25) is 0 Å². The van der Waals surface area contributed by atoms with E-state index in [1.807, 2.05) is 13.8 Å². The van der Waals surface area contributed by atoms with Crippen LogP contribution in [-0.2, 0) is 4.74 Å². The Morgan fingerprint density at radius 2 is 2.00 bits per heavy atom. The molecule has 1 atom stereocenters. The molecule has 0 amide bonds. The summed E-state index contributed by atoms with van der Waals surface area (Å²) in [6.45, 7) is 4.44. The maximum absolute atomic E-state index is 13.4. The molecule has 0 saturated carbocycles. The number of benzene rings is 1. The van der Waals surface area contributed by atoms with Crippen molar-refractivity contribution in [1.29, 1.82) is 0 Å². The SMILES string of the molecule is COCC(Nc1cc(F)ccc1F)C(C)C. The van der Waals surface area contributed by atoms with Crippen LogP contribution in [0.4, 0.5) is 14.5 Å². The first-order valence-corrected chi connectivity index (χ1v) is 5.25. The van der Waals surface area contributed by atoms with Crippen LogP contribution in [0.15, 0.2) is 18.2 Å². The number of anilines is 1. The molecule has 1 aromatic carbocycles. The summed E-state index contributed by atoms with van der Waals surface area (Å²) in [5, 5.41) is 2.95. The molecule has 2 nitrogen and oxygen atoms in total. The molecule has 0 aliphatic rings. The topological polar surface area (TPSA) is 21.3 Å². The molecule has 0 spiro atoms. The molecule has 90 valence electrons. The first-order valence-electron chi connectivity index (χ1n) is 5.25.